The van der Waals surface area contributed by atoms with Gasteiger partial charge in [-0.05, 0) is 48.7 Å². The van der Waals surface area contributed by atoms with E-state index in [-0.39, 0.29) is 5.91 Å². The van der Waals surface area contributed by atoms with Gasteiger partial charge in [-0.2, -0.15) is 0 Å². The molecule has 3 aromatic rings. The van der Waals surface area contributed by atoms with Crippen LogP contribution in [0.3, 0.4) is 0 Å². The van der Waals surface area contributed by atoms with E-state index in [1.807, 2.05) is 69.4 Å². The lowest BCUT2D eigenvalue weighted by Gasteiger charge is -2.20. The molecule has 0 saturated heterocycles. The van der Waals surface area contributed by atoms with Crippen molar-refractivity contribution in [1.29, 1.82) is 0 Å². The van der Waals surface area contributed by atoms with Crippen LogP contribution in [0.15, 0.2) is 66.9 Å². The minimum atomic E-state index is -0.200. The molecule has 132 valence electrons. The Balaban J connectivity index is 1.76. The fourth-order valence-corrected chi connectivity index (χ4v) is 2.79. The van der Waals surface area contributed by atoms with Crippen molar-refractivity contribution in [3.63, 3.8) is 0 Å². The fourth-order valence-electron chi connectivity index (χ4n) is 2.79. The van der Waals surface area contributed by atoms with Gasteiger partial charge in [-0.3, -0.25) is 9.78 Å². The van der Waals surface area contributed by atoms with Gasteiger partial charge in [0.05, 0.1) is 0 Å². The minimum absolute atomic E-state index is 0.200. The van der Waals surface area contributed by atoms with Crippen molar-refractivity contribution in [2.45, 2.75) is 20.4 Å². The van der Waals surface area contributed by atoms with Gasteiger partial charge >= 0.3 is 0 Å². The van der Waals surface area contributed by atoms with Gasteiger partial charge in [0, 0.05) is 31.2 Å². The number of amides is 1. The Morgan fingerprint density at radius 3 is 2.58 bits per heavy atom. The maximum atomic E-state index is 12.6. The van der Waals surface area contributed by atoms with E-state index in [0.717, 1.165) is 29.0 Å². The highest BCUT2D eigenvalue weighted by Crippen LogP contribution is 2.19. The number of hydrogen-bond acceptors (Lipinski definition) is 3. The second-order valence-electron chi connectivity index (χ2n) is 6.51. The summed E-state index contributed by atoms with van der Waals surface area (Å²) in [5.41, 5.74) is 5.53. The number of aromatic nitrogens is 1. The number of pyridine rings is 1. The summed E-state index contributed by atoms with van der Waals surface area (Å²) in [6, 6.07) is 20.0. The molecule has 1 N–H and O–H groups in total. The lowest BCUT2D eigenvalue weighted by molar-refractivity contribution is 0.102. The van der Waals surface area contributed by atoms with E-state index in [2.05, 4.69) is 27.3 Å². The number of hydrogen-bond donors (Lipinski definition) is 1. The molecule has 0 saturated carbocycles. The lowest BCUT2D eigenvalue weighted by atomic mass is 10.1. The summed E-state index contributed by atoms with van der Waals surface area (Å²) in [6.07, 6.45) is 1.68. The molecule has 1 amide bonds. The highest BCUT2D eigenvalue weighted by Gasteiger charge is 2.12. The predicted octanol–water partition coefficient (Wildman–Crippen LogP) is 4.59. The van der Waals surface area contributed by atoms with E-state index in [9.17, 15) is 4.79 Å². The van der Waals surface area contributed by atoms with Crippen LogP contribution in [0.1, 0.15) is 27.2 Å². The number of carbonyl (C=O) groups is 1. The maximum absolute atomic E-state index is 12.6. The average Bonchev–Trinajstić information content (AvgIpc) is 2.65. The van der Waals surface area contributed by atoms with Gasteiger partial charge in [0.2, 0.25) is 0 Å². The van der Waals surface area contributed by atoms with Crippen LogP contribution < -0.4 is 10.2 Å². The zero-order valence-electron chi connectivity index (χ0n) is 15.4. The quantitative estimate of drug-likeness (QED) is 0.736. The van der Waals surface area contributed by atoms with Gasteiger partial charge in [0.15, 0.2) is 0 Å². The largest absolute Gasteiger partial charge is 0.370 e. The molecular weight excluding hydrogens is 322 g/mol. The van der Waals surface area contributed by atoms with Crippen molar-refractivity contribution in [2.24, 2.45) is 0 Å². The van der Waals surface area contributed by atoms with Crippen LogP contribution in [0.2, 0.25) is 0 Å². The normalized spacial score (nSPS) is 10.4. The Morgan fingerprint density at radius 1 is 1.04 bits per heavy atom. The van der Waals surface area contributed by atoms with Crippen molar-refractivity contribution in [2.75, 3.05) is 17.3 Å². The summed E-state index contributed by atoms with van der Waals surface area (Å²) < 4.78 is 0. The fraction of sp³-hybridized carbons (Fsp3) is 0.182. The second kappa shape index (κ2) is 7.83. The molecule has 2 aromatic carbocycles. The minimum Gasteiger partial charge on any atom is -0.370 e. The van der Waals surface area contributed by atoms with Crippen molar-refractivity contribution in [3.05, 3.63) is 89.2 Å². The first kappa shape index (κ1) is 17.7. The van der Waals surface area contributed by atoms with Gasteiger partial charge in [-0.1, -0.05) is 42.5 Å². The van der Waals surface area contributed by atoms with Gasteiger partial charge in [-0.15, -0.1) is 0 Å². The monoisotopic (exact) mass is 345 g/mol. The SMILES string of the molecule is Cc1ccc(C)c(NC(=O)c2cc(N(C)Cc3ccccc3)ccn2)c1. The van der Waals surface area contributed by atoms with Gasteiger partial charge < -0.3 is 10.2 Å². The molecule has 1 heterocycles. The van der Waals surface area contributed by atoms with Crippen LogP contribution in [-0.4, -0.2) is 17.9 Å². The molecule has 0 spiro atoms. The number of carbonyl (C=O) groups excluding carboxylic acids is 1. The van der Waals surface area contributed by atoms with Crippen molar-refractivity contribution in [3.8, 4) is 0 Å². The first-order valence-corrected chi connectivity index (χ1v) is 8.62. The number of aryl methyl sites for hydroxylation is 2. The summed E-state index contributed by atoms with van der Waals surface area (Å²) in [4.78, 5) is 19.0. The average molecular weight is 345 g/mol. The molecule has 0 fully saturated rings. The molecule has 26 heavy (non-hydrogen) atoms. The van der Waals surface area contributed by atoms with Crippen LogP contribution in [0, 0.1) is 13.8 Å². The Kier molecular flexibility index (Phi) is 5.32. The first-order chi connectivity index (χ1) is 12.5. The number of anilines is 2. The summed E-state index contributed by atoms with van der Waals surface area (Å²) in [5.74, 6) is -0.200. The van der Waals surface area contributed by atoms with E-state index in [1.165, 1.54) is 5.56 Å². The topological polar surface area (TPSA) is 45.2 Å². The number of nitrogens with one attached hydrogen (secondary N) is 1. The molecule has 4 heteroatoms. The van der Waals surface area contributed by atoms with E-state index in [0.29, 0.717) is 5.69 Å². The van der Waals surface area contributed by atoms with Gasteiger partial charge in [0.25, 0.3) is 5.91 Å². The smallest absolute Gasteiger partial charge is 0.274 e. The third-order valence-corrected chi connectivity index (χ3v) is 4.32. The van der Waals surface area contributed by atoms with Crippen LogP contribution in [0.4, 0.5) is 11.4 Å². The molecule has 0 aliphatic carbocycles. The summed E-state index contributed by atoms with van der Waals surface area (Å²) in [5, 5.41) is 2.96. The summed E-state index contributed by atoms with van der Waals surface area (Å²) in [6.45, 7) is 4.75. The van der Waals surface area contributed by atoms with E-state index in [1.54, 1.807) is 6.20 Å². The molecule has 0 atom stereocenters. The van der Waals surface area contributed by atoms with Crippen molar-refractivity contribution < 1.29 is 4.79 Å². The van der Waals surface area contributed by atoms with Crippen LogP contribution in [0.25, 0.3) is 0 Å². The zero-order chi connectivity index (χ0) is 18.5. The molecule has 3 rings (SSSR count). The predicted molar refractivity (Wildman–Crippen MR) is 107 cm³/mol. The molecule has 1 aromatic heterocycles. The summed E-state index contributed by atoms with van der Waals surface area (Å²) >= 11 is 0. The summed E-state index contributed by atoms with van der Waals surface area (Å²) in [7, 11) is 2.01. The van der Waals surface area contributed by atoms with Crippen LogP contribution >= 0.6 is 0 Å². The van der Waals surface area contributed by atoms with Crippen LogP contribution in [-0.2, 0) is 6.54 Å². The molecule has 0 unspecified atom stereocenters. The lowest BCUT2D eigenvalue weighted by Crippen LogP contribution is -2.19. The maximum Gasteiger partial charge on any atom is 0.274 e. The van der Waals surface area contributed by atoms with E-state index < -0.39 is 0 Å². The molecule has 0 radical (unpaired) electrons. The molecule has 0 bridgehead atoms. The number of nitrogens with zero attached hydrogens (tertiary/aromatic N) is 2. The molecule has 4 nitrogen and oxygen atoms in total. The second-order valence-corrected chi connectivity index (χ2v) is 6.51. The Hall–Kier alpha value is -3.14. The van der Waals surface area contributed by atoms with Gasteiger partial charge in [0.1, 0.15) is 5.69 Å². The molecule has 0 aliphatic heterocycles. The third kappa shape index (κ3) is 4.28. The van der Waals surface area contributed by atoms with Crippen LogP contribution in [0.5, 0.6) is 0 Å². The molecular formula is C22H23N3O. The number of benzene rings is 2. The Labute approximate surface area is 154 Å². The highest BCUT2D eigenvalue weighted by molar-refractivity contribution is 6.03. The number of rotatable bonds is 5. The molecule has 0 aliphatic rings. The third-order valence-electron chi connectivity index (χ3n) is 4.32. The van der Waals surface area contributed by atoms with E-state index in [4.69, 9.17) is 0 Å². The van der Waals surface area contributed by atoms with Gasteiger partial charge in [-0.25, -0.2) is 0 Å². The standard InChI is InChI=1S/C22H23N3O/c1-16-9-10-17(2)20(13-16)24-22(26)21-14-19(11-12-23-21)25(3)15-18-7-5-4-6-8-18/h4-14H,15H2,1-3H3,(H,24,26). The first-order valence-electron chi connectivity index (χ1n) is 8.62. The zero-order valence-corrected chi connectivity index (χ0v) is 15.4. The van der Waals surface area contributed by atoms with E-state index >= 15 is 0 Å². The highest BCUT2D eigenvalue weighted by atomic mass is 16.1. The Bertz CT molecular complexity index is 906. The Morgan fingerprint density at radius 2 is 1.81 bits per heavy atom. The van der Waals surface area contributed by atoms with Crippen molar-refractivity contribution >= 4 is 17.3 Å². The van der Waals surface area contributed by atoms with Crippen molar-refractivity contribution in [1.82, 2.24) is 4.98 Å².